The van der Waals surface area contributed by atoms with Crippen molar-refractivity contribution in [3.63, 3.8) is 0 Å². The molecule has 0 N–H and O–H groups in total. The zero-order valence-electron chi connectivity index (χ0n) is 30.3. The molecule has 5 heterocycles. The van der Waals surface area contributed by atoms with Crippen molar-refractivity contribution in [2.45, 2.75) is 0 Å². The summed E-state index contributed by atoms with van der Waals surface area (Å²) >= 11 is 0. The maximum Gasteiger partial charge on any atom is 0.179 e. The molecular weight excluding hydrogens is 707 g/mol. The molecular formula is C49H29N5O3. The van der Waals surface area contributed by atoms with Crippen molar-refractivity contribution in [1.29, 1.82) is 0 Å². The fraction of sp³-hybridized carbons (Fsp3) is 0. The van der Waals surface area contributed by atoms with E-state index in [1.807, 2.05) is 140 Å². The van der Waals surface area contributed by atoms with Crippen molar-refractivity contribution >= 4 is 72.0 Å². The molecule has 5 aromatic heterocycles. The minimum absolute atomic E-state index is 0.528. The molecule has 0 bridgehead atoms. The van der Waals surface area contributed by atoms with Gasteiger partial charge in [0.2, 0.25) is 0 Å². The van der Waals surface area contributed by atoms with Gasteiger partial charge in [0, 0.05) is 49.2 Å². The lowest BCUT2D eigenvalue weighted by atomic mass is 10.0. The van der Waals surface area contributed by atoms with Gasteiger partial charge in [0.15, 0.2) is 28.9 Å². The zero-order valence-corrected chi connectivity index (χ0v) is 30.3. The maximum absolute atomic E-state index is 6.45. The highest BCUT2D eigenvalue weighted by molar-refractivity contribution is 6.13. The molecule has 11 aromatic rings. The molecule has 0 spiro atoms. The van der Waals surface area contributed by atoms with E-state index < -0.39 is 0 Å². The van der Waals surface area contributed by atoms with E-state index in [-0.39, 0.29) is 0 Å². The smallest absolute Gasteiger partial charge is 0.179 e. The maximum atomic E-state index is 6.45. The third-order valence-electron chi connectivity index (χ3n) is 10.2. The first-order valence-electron chi connectivity index (χ1n) is 18.5. The first-order valence-corrected chi connectivity index (χ1v) is 18.5. The Kier molecular flexibility index (Phi) is 7.46. The third-order valence-corrected chi connectivity index (χ3v) is 10.2. The van der Waals surface area contributed by atoms with Crippen LogP contribution in [0.2, 0.25) is 0 Å². The highest BCUT2D eigenvalue weighted by Crippen LogP contribution is 2.40. The molecule has 0 radical (unpaired) electrons. The van der Waals surface area contributed by atoms with Gasteiger partial charge in [-0.3, -0.25) is 0 Å². The lowest BCUT2D eigenvalue weighted by molar-refractivity contribution is 0.664. The minimum Gasteiger partial charge on any atom is -0.456 e. The second-order valence-electron chi connectivity index (χ2n) is 13.7. The van der Waals surface area contributed by atoms with E-state index in [9.17, 15) is 0 Å². The number of allylic oxidation sites excluding steroid dienone is 4. The summed E-state index contributed by atoms with van der Waals surface area (Å²) in [6.45, 7) is 3.78. The Bertz CT molecular complexity index is 3450. The Balaban J connectivity index is 1.10. The number of rotatable bonds is 7. The molecule has 0 unspecified atom stereocenters. The van der Waals surface area contributed by atoms with Gasteiger partial charge in [0.05, 0.1) is 0 Å². The van der Waals surface area contributed by atoms with Crippen LogP contribution in [-0.4, -0.2) is 24.9 Å². The van der Waals surface area contributed by atoms with Gasteiger partial charge in [0.25, 0.3) is 0 Å². The van der Waals surface area contributed by atoms with E-state index in [0.717, 1.165) is 77.0 Å². The average Bonchev–Trinajstić information content (AvgIpc) is 3.96. The van der Waals surface area contributed by atoms with E-state index in [1.165, 1.54) is 0 Å². The number of benzene rings is 6. The Hall–Kier alpha value is -7.97. The van der Waals surface area contributed by atoms with Gasteiger partial charge in [0.1, 0.15) is 39.1 Å². The normalized spacial score (nSPS) is 12.1. The van der Waals surface area contributed by atoms with Crippen LogP contribution in [0.3, 0.4) is 0 Å². The molecule has 57 heavy (non-hydrogen) atoms. The Morgan fingerprint density at radius 3 is 1.89 bits per heavy atom. The number of nitrogens with zero attached hydrogens (tertiary/aromatic N) is 5. The number of hydrogen-bond acceptors (Lipinski definition) is 8. The molecule has 0 saturated heterocycles. The van der Waals surface area contributed by atoms with Crippen molar-refractivity contribution in [2.24, 2.45) is 0 Å². The summed E-state index contributed by atoms with van der Waals surface area (Å²) in [5, 5.41) is 4.79. The summed E-state index contributed by atoms with van der Waals surface area (Å²) in [6, 6.07) is 44.0. The summed E-state index contributed by atoms with van der Waals surface area (Å²) in [7, 11) is 0. The number of para-hydroxylation sites is 2. The van der Waals surface area contributed by atoms with E-state index in [0.29, 0.717) is 40.2 Å². The average molecular weight is 736 g/mol. The Morgan fingerprint density at radius 1 is 0.421 bits per heavy atom. The van der Waals surface area contributed by atoms with Crippen LogP contribution in [0.25, 0.3) is 118 Å². The summed E-state index contributed by atoms with van der Waals surface area (Å²) in [5.74, 6) is 2.18. The molecule has 0 amide bonds. The highest BCUT2D eigenvalue weighted by atomic mass is 16.3. The molecule has 0 saturated carbocycles. The van der Waals surface area contributed by atoms with Gasteiger partial charge in [-0.2, -0.15) is 0 Å². The predicted molar refractivity (Wildman–Crippen MR) is 227 cm³/mol. The SMILES string of the molecule is C=C/C=C\C=C\c1nc(-c2cccc3oc4ccc(-c5nc(-c6ccccc6)nc(-c6ccc7c(c6)oc6ccccc67)n5)cc4c23)nc2c1oc1ccccc12. The van der Waals surface area contributed by atoms with Crippen LogP contribution >= 0.6 is 0 Å². The topological polar surface area (TPSA) is 104 Å². The van der Waals surface area contributed by atoms with Gasteiger partial charge in [-0.1, -0.05) is 110 Å². The van der Waals surface area contributed by atoms with Crippen molar-refractivity contribution in [3.05, 3.63) is 170 Å². The minimum atomic E-state index is 0.528. The first-order chi connectivity index (χ1) is 28.2. The standard InChI is InChI=1S/C49H29N5O3/c1-2-3-4-8-19-37-45-44(34-17-10-12-21-39(34)57-45)51-49(50-37)35-18-13-22-41-43(35)36-27-30(24-26-40(36)55-41)47-52-46(29-14-6-5-7-15-29)53-48(54-47)31-23-25-33-32-16-9-11-20-38(32)56-42(33)28-31/h2-28H,1H2/b4-3-,19-8+. The number of hydrogen-bond donors (Lipinski definition) is 0. The van der Waals surface area contributed by atoms with Crippen LogP contribution in [0, 0.1) is 0 Å². The molecule has 0 fully saturated rings. The summed E-state index contributed by atoms with van der Waals surface area (Å²) in [6.07, 6.45) is 9.34. The van der Waals surface area contributed by atoms with Gasteiger partial charge >= 0.3 is 0 Å². The third kappa shape index (κ3) is 5.50. The molecule has 6 aromatic carbocycles. The van der Waals surface area contributed by atoms with Crippen molar-refractivity contribution in [2.75, 3.05) is 0 Å². The number of aromatic nitrogens is 5. The summed E-state index contributed by atoms with van der Waals surface area (Å²) in [4.78, 5) is 25.3. The molecule has 0 aliphatic heterocycles. The van der Waals surface area contributed by atoms with Crippen LogP contribution in [0.1, 0.15) is 5.69 Å². The highest BCUT2D eigenvalue weighted by Gasteiger charge is 2.21. The zero-order chi connectivity index (χ0) is 37.9. The quantitative estimate of drug-likeness (QED) is 0.149. The first kappa shape index (κ1) is 32.5. The molecule has 0 aliphatic carbocycles. The lowest BCUT2D eigenvalue weighted by Gasteiger charge is -2.09. The molecule has 0 aliphatic rings. The van der Waals surface area contributed by atoms with Gasteiger partial charge in [-0.05, 0) is 60.7 Å². The second kappa shape index (κ2) is 13.1. The van der Waals surface area contributed by atoms with Crippen LogP contribution in [0.4, 0.5) is 0 Å². The molecule has 11 rings (SSSR count). The summed E-state index contributed by atoms with van der Waals surface area (Å²) in [5.41, 5.74) is 9.15. The largest absolute Gasteiger partial charge is 0.456 e. The van der Waals surface area contributed by atoms with Crippen molar-refractivity contribution in [3.8, 4) is 45.6 Å². The van der Waals surface area contributed by atoms with Crippen LogP contribution < -0.4 is 0 Å². The fourth-order valence-corrected chi connectivity index (χ4v) is 7.50. The van der Waals surface area contributed by atoms with Crippen LogP contribution in [-0.2, 0) is 0 Å². The Morgan fingerprint density at radius 2 is 1.07 bits per heavy atom. The van der Waals surface area contributed by atoms with Crippen LogP contribution in [0.15, 0.2) is 178 Å². The number of fused-ring (bicyclic) bond motifs is 9. The molecule has 8 heteroatoms. The van der Waals surface area contributed by atoms with E-state index >= 15 is 0 Å². The number of furan rings is 3. The monoisotopic (exact) mass is 735 g/mol. The van der Waals surface area contributed by atoms with Crippen LogP contribution in [0.5, 0.6) is 0 Å². The van der Waals surface area contributed by atoms with Crippen molar-refractivity contribution < 1.29 is 13.3 Å². The molecule has 0 atom stereocenters. The predicted octanol–water partition coefficient (Wildman–Crippen LogP) is 12.8. The molecule has 268 valence electrons. The van der Waals surface area contributed by atoms with Crippen molar-refractivity contribution in [1.82, 2.24) is 24.9 Å². The van der Waals surface area contributed by atoms with Gasteiger partial charge in [-0.15, -0.1) is 0 Å². The van der Waals surface area contributed by atoms with E-state index in [4.69, 9.17) is 38.2 Å². The fourth-order valence-electron chi connectivity index (χ4n) is 7.50. The summed E-state index contributed by atoms with van der Waals surface area (Å²) < 4.78 is 19.0. The van der Waals surface area contributed by atoms with E-state index in [1.54, 1.807) is 6.08 Å². The second-order valence-corrected chi connectivity index (χ2v) is 13.7. The Labute approximate surface area is 324 Å². The molecule has 8 nitrogen and oxygen atoms in total. The van der Waals surface area contributed by atoms with E-state index in [2.05, 4.69) is 24.8 Å². The lowest BCUT2D eigenvalue weighted by Crippen LogP contribution is -2.00. The van der Waals surface area contributed by atoms with Gasteiger partial charge < -0.3 is 13.3 Å². The van der Waals surface area contributed by atoms with Gasteiger partial charge in [-0.25, -0.2) is 24.9 Å².